The van der Waals surface area contributed by atoms with E-state index in [-0.39, 0.29) is 12.2 Å². The zero-order valence-corrected chi connectivity index (χ0v) is 11.4. The molecule has 0 saturated carbocycles. The highest BCUT2D eigenvalue weighted by atomic mass is 32.2. The van der Waals surface area contributed by atoms with Crippen molar-refractivity contribution in [2.75, 3.05) is 18.7 Å². The van der Waals surface area contributed by atoms with Gasteiger partial charge in [-0.1, -0.05) is 24.3 Å². The van der Waals surface area contributed by atoms with Crippen molar-refractivity contribution in [3.63, 3.8) is 0 Å². The lowest BCUT2D eigenvalue weighted by molar-refractivity contribution is 0.0602. The van der Waals surface area contributed by atoms with Gasteiger partial charge in [-0.3, -0.25) is 0 Å². The molecule has 19 heavy (non-hydrogen) atoms. The van der Waals surface area contributed by atoms with Gasteiger partial charge in [0.1, 0.15) is 0 Å². The van der Waals surface area contributed by atoms with Crippen molar-refractivity contribution in [1.82, 2.24) is 0 Å². The predicted octanol–water partition coefficient (Wildman–Crippen LogP) is 3.94. The van der Waals surface area contributed by atoms with Gasteiger partial charge in [0.2, 0.25) is 0 Å². The summed E-state index contributed by atoms with van der Waals surface area (Å²) in [6.07, 6.45) is 0.247. The fourth-order valence-electron chi connectivity index (χ4n) is 1.72. The second kappa shape index (κ2) is 6.29. The number of benzene rings is 2. The number of anilines is 2. The van der Waals surface area contributed by atoms with Crippen LogP contribution in [0.15, 0.2) is 53.4 Å². The number of ether oxygens (including phenoxy) is 1. The molecular weight excluding hydrogens is 258 g/mol. The van der Waals surface area contributed by atoms with E-state index >= 15 is 0 Å². The van der Waals surface area contributed by atoms with E-state index < -0.39 is 0 Å². The molecule has 1 N–H and O–H groups in total. The van der Waals surface area contributed by atoms with Crippen LogP contribution in [0, 0.1) is 0 Å². The van der Waals surface area contributed by atoms with Gasteiger partial charge in [0.05, 0.1) is 24.0 Å². The monoisotopic (exact) mass is 274 g/mol. The van der Waals surface area contributed by atoms with Gasteiger partial charge in [-0.05, 0) is 30.5 Å². The smallest absolute Gasteiger partial charge is 0.339 e. The van der Waals surface area contributed by atoms with Crippen LogP contribution in [0.4, 0.5) is 11.4 Å². The summed E-state index contributed by atoms with van der Waals surface area (Å²) in [5.41, 5.74) is 2.05. The molecule has 0 unspecified atom stereocenters. The molecule has 0 aliphatic heterocycles. The zero-order chi connectivity index (χ0) is 14.4. The van der Waals surface area contributed by atoms with Crippen molar-refractivity contribution >= 4 is 29.1 Å². The Morgan fingerprint density at radius 2 is 1.84 bits per heavy atom. The van der Waals surface area contributed by atoms with E-state index in [9.17, 15) is 4.79 Å². The Balaban J connectivity index is 2.33. The predicted molar refractivity (Wildman–Crippen MR) is 79.3 cm³/mol. The topological polar surface area (TPSA) is 38.3 Å². The summed E-state index contributed by atoms with van der Waals surface area (Å²) in [6.45, 7) is 0. The fourth-order valence-corrected chi connectivity index (χ4v) is 2.17. The van der Waals surface area contributed by atoms with E-state index in [0.717, 1.165) is 10.6 Å². The average Bonchev–Trinajstić information content (AvgIpc) is 2.49. The molecule has 0 saturated heterocycles. The number of thioether (sulfide) groups is 1. The molecule has 0 aliphatic carbocycles. The summed E-state index contributed by atoms with van der Waals surface area (Å²) in [7, 11) is 1.36. The quantitative estimate of drug-likeness (QED) is 0.677. The Morgan fingerprint density at radius 1 is 1.16 bits per heavy atom. The SMILES string of the molecule is [2H]CSc1ccccc1Nc1ccccc1C(=O)OC. The summed E-state index contributed by atoms with van der Waals surface area (Å²) in [5.74, 6) is -0.376. The third-order valence-corrected chi connectivity index (χ3v) is 3.31. The Morgan fingerprint density at radius 3 is 2.58 bits per heavy atom. The number of carbonyl (C=O) groups excluding carboxylic acids is 1. The van der Waals surface area contributed by atoms with Gasteiger partial charge in [-0.25, -0.2) is 4.79 Å². The number of nitrogens with one attached hydrogen (secondary N) is 1. The lowest BCUT2D eigenvalue weighted by atomic mass is 10.1. The average molecular weight is 274 g/mol. The minimum absolute atomic E-state index is 0.247. The van der Waals surface area contributed by atoms with Gasteiger partial charge >= 0.3 is 5.97 Å². The molecule has 98 valence electrons. The van der Waals surface area contributed by atoms with Crippen LogP contribution in [0.3, 0.4) is 0 Å². The molecule has 3 nitrogen and oxygen atoms in total. The fraction of sp³-hybridized carbons (Fsp3) is 0.133. The Labute approximate surface area is 118 Å². The molecule has 0 bridgehead atoms. The first kappa shape index (κ1) is 12.1. The molecular formula is C15H15NO2S. The maximum Gasteiger partial charge on any atom is 0.339 e. The third-order valence-electron chi connectivity index (χ3n) is 2.64. The van der Waals surface area contributed by atoms with E-state index in [1.165, 1.54) is 18.9 Å². The standard InChI is InChI=1S/C15H15NO2S/c1-18-15(17)11-7-3-4-8-12(11)16-13-9-5-6-10-14(13)19-2/h3-10,16H,1-2H3/i2D. The van der Waals surface area contributed by atoms with E-state index in [4.69, 9.17) is 6.11 Å². The molecule has 0 aromatic heterocycles. The van der Waals surface area contributed by atoms with E-state index in [1.54, 1.807) is 12.1 Å². The van der Waals surface area contributed by atoms with E-state index in [0.29, 0.717) is 11.3 Å². The molecule has 0 aliphatic rings. The highest BCUT2D eigenvalue weighted by Gasteiger charge is 2.11. The van der Waals surface area contributed by atoms with Gasteiger partial charge < -0.3 is 10.1 Å². The lowest BCUT2D eigenvalue weighted by Crippen LogP contribution is -2.05. The number of hydrogen-bond donors (Lipinski definition) is 1. The van der Waals surface area contributed by atoms with Gasteiger partial charge in [0, 0.05) is 6.27 Å². The third kappa shape index (κ3) is 3.09. The van der Waals surface area contributed by atoms with Crippen LogP contribution in [0.25, 0.3) is 0 Å². The molecule has 0 fully saturated rings. The van der Waals surface area contributed by atoms with Crippen molar-refractivity contribution in [2.45, 2.75) is 4.90 Å². The van der Waals surface area contributed by atoms with Gasteiger partial charge in [0.25, 0.3) is 0 Å². The van der Waals surface area contributed by atoms with E-state index in [1.807, 2.05) is 36.4 Å². The molecule has 2 aromatic carbocycles. The largest absolute Gasteiger partial charge is 0.465 e. The normalized spacial score (nSPS) is 10.7. The lowest BCUT2D eigenvalue weighted by Gasteiger charge is -2.13. The van der Waals surface area contributed by atoms with Crippen molar-refractivity contribution in [2.24, 2.45) is 0 Å². The van der Waals surface area contributed by atoms with Crippen LogP contribution in [0.5, 0.6) is 0 Å². The maximum atomic E-state index is 11.7. The van der Waals surface area contributed by atoms with Crippen LogP contribution in [-0.2, 0) is 4.74 Å². The molecule has 2 rings (SSSR count). The first-order valence-corrected chi connectivity index (χ1v) is 6.70. The summed E-state index contributed by atoms with van der Waals surface area (Å²) in [6, 6.07) is 14.9. The van der Waals surface area contributed by atoms with Crippen molar-refractivity contribution in [3.8, 4) is 0 Å². The molecule has 2 aromatic rings. The number of hydrogen-bond acceptors (Lipinski definition) is 4. The summed E-state index contributed by atoms with van der Waals surface area (Å²) in [4.78, 5) is 12.7. The van der Waals surface area contributed by atoms with Crippen LogP contribution in [0.2, 0.25) is 0 Å². The molecule has 0 spiro atoms. The second-order valence-corrected chi connectivity index (χ2v) is 4.53. The molecule has 0 radical (unpaired) electrons. The highest BCUT2D eigenvalue weighted by Crippen LogP contribution is 2.29. The van der Waals surface area contributed by atoms with Crippen LogP contribution < -0.4 is 5.32 Å². The maximum absolute atomic E-state index is 11.7. The highest BCUT2D eigenvalue weighted by molar-refractivity contribution is 7.98. The molecule has 0 amide bonds. The zero-order valence-electron chi connectivity index (χ0n) is 11.6. The summed E-state index contributed by atoms with van der Waals surface area (Å²) in [5, 5.41) is 3.24. The van der Waals surface area contributed by atoms with Crippen molar-refractivity contribution in [3.05, 3.63) is 54.1 Å². The number of carbonyl (C=O) groups is 1. The molecule has 0 heterocycles. The molecule has 0 atom stereocenters. The van der Waals surface area contributed by atoms with Gasteiger partial charge in [0.15, 0.2) is 0 Å². The van der Waals surface area contributed by atoms with Crippen LogP contribution in [0.1, 0.15) is 11.7 Å². The first-order valence-electron chi connectivity index (χ1n) is 6.42. The number of esters is 1. The minimum Gasteiger partial charge on any atom is -0.465 e. The Hall–Kier alpha value is -1.94. The van der Waals surface area contributed by atoms with Crippen LogP contribution in [-0.4, -0.2) is 19.3 Å². The Kier molecular flexibility index (Phi) is 4.01. The van der Waals surface area contributed by atoms with E-state index in [2.05, 4.69) is 5.32 Å². The minimum atomic E-state index is -0.376. The molecule has 4 heteroatoms. The number of rotatable bonds is 4. The summed E-state index contributed by atoms with van der Waals surface area (Å²) < 4.78 is 12.1. The van der Waals surface area contributed by atoms with Crippen molar-refractivity contribution < 1.29 is 10.9 Å². The second-order valence-electron chi connectivity index (χ2n) is 3.80. The first-order chi connectivity index (χ1) is 9.76. The number of methoxy groups -OCH3 is 1. The summed E-state index contributed by atoms with van der Waals surface area (Å²) >= 11 is 1.43. The van der Waals surface area contributed by atoms with Gasteiger partial charge in [-0.15, -0.1) is 11.8 Å². The van der Waals surface area contributed by atoms with Gasteiger partial charge in [-0.2, -0.15) is 0 Å². The van der Waals surface area contributed by atoms with Crippen molar-refractivity contribution in [1.29, 1.82) is 0 Å². The van der Waals surface area contributed by atoms with Crippen LogP contribution >= 0.6 is 11.8 Å². The Bertz CT molecular complexity index is 604. The number of para-hydroxylation sites is 2.